The molecule has 2 amide bonds. The second-order valence-electron chi connectivity index (χ2n) is 7.07. The fourth-order valence-corrected chi connectivity index (χ4v) is 3.91. The fourth-order valence-electron chi connectivity index (χ4n) is 3.03. The average molecular weight is 429 g/mol. The highest BCUT2D eigenvalue weighted by molar-refractivity contribution is 7.11. The van der Waals surface area contributed by atoms with Crippen molar-refractivity contribution in [1.82, 2.24) is 25.8 Å². The van der Waals surface area contributed by atoms with Crippen LogP contribution in [0.5, 0.6) is 0 Å². The van der Waals surface area contributed by atoms with Crippen molar-refractivity contribution in [3.8, 4) is 0 Å². The quantitative estimate of drug-likeness (QED) is 0.479. The molecule has 1 aromatic carbocycles. The average Bonchev–Trinajstić information content (AvgIpc) is 3.07. The van der Waals surface area contributed by atoms with Crippen LogP contribution in [0.3, 0.4) is 0 Å². The molecular formula is C21H28N6O2S. The van der Waals surface area contributed by atoms with Crippen molar-refractivity contribution < 1.29 is 9.59 Å². The molecular weight excluding hydrogens is 400 g/mol. The Kier molecular flexibility index (Phi) is 7.40. The van der Waals surface area contributed by atoms with Crippen LogP contribution >= 0.6 is 11.3 Å². The lowest BCUT2D eigenvalue weighted by Crippen LogP contribution is -2.49. The van der Waals surface area contributed by atoms with E-state index in [1.807, 2.05) is 26.0 Å². The minimum atomic E-state index is -0.121. The predicted molar refractivity (Wildman–Crippen MR) is 119 cm³/mol. The van der Waals surface area contributed by atoms with E-state index in [1.165, 1.54) is 4.88 Å². The zero-order valence-electron chi connectivity index (χ0n) is 17.6. The first-order chi connectivity index (χ1) is 14.5. The summed E-state index contributed by atoms with van der Waals surface area (Å²) < 4.78 is 0. The van der Waals surface area contributed by atoms with E-state index < -0.39 is 0 Å². The maximum absolute atomic E-state index is 12.5. The zero-order valence-corrected chi connectivity index (χ0v) is 18.4. The Labute approximate surface area is 180 Å². The van der Waals surface area contributed by atoms with Crippen molar-refractivity contribution >= 4 is 29.1 Å². The summed E-state index contributed by atoms with van der Waals surface area (Å²) in [5.74, 6) is 0.485. The highest BCUT2D eigenvalue weighted by atomic mass is 32.1. The summed E-state index contributed by atoms with van der Waals surface area (Å²) in [5.41, 5.74) is 2.65. The highest BCUT2D eigenvalue weighted by Crippen LogP contribution is 2.16. The first-order valence-corrected chi connectivity index (χ1v) is 10.9. The number of hydrogen-bond donors (Lipinski definition) is 3. The molecule has 2 heterocycles. The van der Waals surface area contributed by atoms with Gasteiger partial charge in [-0.3, -0.25) is 9.59 Å². The monoisotopic (exact) mass is 428 g/mol. The third kappa shape index (κ3) is 5.79. The van der Waals surface area contributed by atoms with Crippen LogP contribution in [0.1, 0.15) is 38.4 Å². The lowest BCUT2D eigenvalue weighted by Gasteiger charge is -2.26. The number of benzene rings is 1. The Hall–Kier alpha value is -2.94. The minimum Gasteiger partial charge on any atom is -0.357 e. The van der Waals surface area contributed by atoms with Gasteiger partial charge >= 0.3 is 0 Å². The molecule has 0 radical (unpaired) electrons. The van der Waals surface area contributed by atoms with Crippen LogP contribution in [0.25, 0.3) is 0 Å². The topological polar surface area (TPSA) is 98.7 Å². The highest BCUT2D eigenvalue weighted by Gasteiger charge is 2.22. The van der Waals surface area contributed by atoms with Crippen molar-refractivity contribution in [2.45, 2.75) is 33.9 Å². The number of rotatable bonds is 6. The molecule has 9 heteroatoms. The largest absolute Gasteiger partial charge is 0.357 e. The number of thiazole rings is 1. The van der Waals surface area contributed by atoms with Gasteiger partial charge in [-0.25, -0.2) is 9.98 Å². The smallest absolute Gasteiger partial charge is 0.254 e. The van der Waals surface area contributed by atoms with Gasteiger partial charge in [0.05, 0.1) is 25.3 Å². The maximum Gasteiger partial charge on any atom is 0.254 e. The lowest BCUT2D eigenvalue weighted by molar-refractivity contribution is -0.123. The third-order valence-corrected chi connectivity index (χ3v) is 5.84. The Morgan fingerprint density at radius 2 is 2.03 bits per heavy atom. The van der Waals surface area contributed by atoms with Crippen molar-refractivity contribution in [3.63, 3.8) is 0 Å². The van der Waals surface area contributed by atoms with Crippen molar-refractivity contribution in [2.24, 2.45) is 4.99 Å². The molecule has 30 heavy (non-hydrogen) atoms. The van der Waals surface area contributed by atoms with Crippen molar-refractivity contribution in [1.29, 1.82) is 0 Å². The van der Waals surface area contributed by atoms with Gasteiger partial charge in [-0.05, 0) is 38.5 Å². The van der Waals surface area contributed by atoms with Gasteiger partial charge in [0.15, 0.2) is 5.96 Å². The number of hydrogen-bond acceptors (Lipinski definition) is 5. The number of nitrogens with zero attached hydrogens (tertiary/aromatic N) is 3. The van der Waals surface area contributed by atoms with Crippen LogP contribution in [-0.2, 0) is 17.9 Å². The first-order valence-electron chi connectivity index (χ1n) is 10.1. The van der Waals surface area contributed by atoms with Crippen LogP contribution in [0.4, 0.5) is 0 Å². The van der Waals surface area contributed by atoms with Crippen LogP contribution < -0.4 is 16.0 Å². The molecule has 0 atom stereocenters. The second-order valence-corrected chi connectivity index (χ2v) is 8.36. The summed E-state index contributed by atoms with van der Waals surface area (Å²) >= 11 is 1.69. The van der Waals surface area contributed by atoms with Gasteiger partial charge in [0, 0.05) is 30.1 Å². The molecule has 1 saturated heterocycles. The summed E-state index contributed by atoms with van der Waals surface area (Å²) in [5, 5.41) is 10.3. The molecule has 2 aromatic rings. The molecule has 160 valence electrons. The molecule has 0 spiro atoms. The van der Waals surface area contributed by atoms with Crippen LogP contribution in [0.15, 0.2) is 29.3 Å². The van der Waals surface area contributed by atoms with E-state index in [0.717, 1.165) is 28.8 Å². The first kappa shape index (κ1) is 21.8. The number of piperazine rings is 1. The SMILES string of the molecule is CCNC(=NCc1ccc(C(=O)N2CCNC(=O)C2)cc1)NCc1nc(C)c(C)s1. The molecule has 8 nitrogen and oxygen atoms in total. The lowest BCUT2D eigenvalue weighted by atomic mass is 10.1. The van der Waals surface area contributed by atoms with Crippen LogP contribution in [0.2, 0.25) is 0 Å². The molecule has 1 fully saturated rings. The predicted octanol–water partition coefficient (Wildman–Crippen LogP) is 1.59. The Balaban J connectivity index is 1.58. The van der Waals surface area contributed by atoms with Crippen LogP contribution in [0, 0.1) is 13.8 Å². The summed E-state index contributed by atoms with van der Waals surface area (Å²) in [6.45, 7) is 9.14. The normalized spacial score (nSPS) is 14.4. The minimum absolute atomic E-state index is 0.112. The molecule has 0 saturated carbocycles. The van der Waals surface area contributed by atoms with E-state index in [9.17, 15) is 9.59 Å². The number of aliphatic imine (C=N–C) groups is 1. The molecule has 1 aliphatic heterocycles. The standard InChI is InChI=1S/C21H28N6O2S/c1-4-22-21(25-12-19-26-14(2)15(3)30-19)24-11-16-5-7-17(8-6-16)20(29)27-10-9-23-18(28)13-27/h5-8H,4,9-13H2,1-3H3,(H,23,28)(H2,22,24,25). The van der Waals surface area contributed by atoms with Gasteiger partial charge in [-0.15, -0.1) is 11.3 Å². The molecule has 0 unspecified atom stereocenters. The third-order valence-electron chi connectivity index (χ3n) is 4.77. The second kappa shape index (κ2) is 10.2. The Morgan fingerprint density at radius 1 is 1.27 bits per heavy atom. The Morgan fingerprint density at radius 3 is 2.67 bits per heavy atom. The molecule has 3 rings (SSSR count). The fraction of sp³-hybridized carbons (Fsp3) is 0.429. The van der Waals surface area contributed by atoms with Crippen molar-refractivity contribution in [3.05, 3.63) is 51.0 Å². The van der Waals surface area contributed by atoms with E-state index in [0.29, 0.717) is 31.7 Å². The zero-order chi connectivity index (χ0) is 21.5. The number of nitrogens with one attached hydrogen (secondary N) is 3. The maximum atomic E-state index is 12.5. The number of guanidine groups is 1. The summed E-state index contributed by atoms with van der Waals surface area (Å²) in [6, 6.07) is 7.39. The van der Waals surface area contributed by atoms with E-state index >= 15 is 0 Å². The number of amides is 2. The van der Waals surface area contributed by atoms with Gasteiger partial charge in [0.25, 0.3) is 5.91 Å². The van der Waals surface area contributed by atoms with Crippen LogP contribution in [-0.4, -0.2) is 53.8 Å². The molecule has 1 aliphatic rings. The molecule has 0 aliphatic carbocycles. The van der Waals surface area contributed by atoms with Crippen molar-refractivity contribution in [2.75, 3.05) is 26.2 Å². The van der Waals surface area contributed by atoms with E-state index in [1.54, 1.807) is 28.4 Å². The Bertz CT molecular complexity index is 903. The van der Waals surface area contributed by atoms with Gasteiger partial charge in [0.2, 0.25) is 5.91 Å². The van der Waals surface area contributed by atoms with E-state index in [4.69, 9.17) is 0 Å². The summed E-state index contributed by atoms with van der Waals surface area (Å²) in [7, 11) is 0. The molecule has 1 aromatic heterocycles. The summed E-state index contributed by atoms with van der Waals surface area (Å²) in [6.07, 6.45) is 0. The van der Waals surface area contributed by atoms with Gasteiger partial charge in [-0.1, -0.05) is 12.1 Å². The molecule has 0 bridgehead atoms. The van der Waals surface area contributed by atoms with Gasteiger partial charge < -0.3 is 20.9 Å². The number of aryl methyl sites for hydroxylation is 2. The van der Waals surface area contributed by atoms with Gasteiger partial charge in [0.1, 0.15) is 5.01 Å². The number of carbonyl (C=O) groups excluding carboxylic acids is 2. The number of aromatic nitrogens is 1. The number of carbonyl (C=O) groups is 2. The van der Waals surface area contributed by atoms with Gasteiger partial charge in [-0.2, -0.15) is 0 Å². The molecule has 3 N–H and O–H groups in total. The van der Waals surface area contributed by atoms with E-state index in [2.05, 4.69) is 32.9 Å². The van der Waals surface area contributed by atoms with E-state index in [-0.39, 0.29) is 18.4 Å². The summed E-state index contributed by atoms with van der Waals surface area (Å²) in [4.78, 5) is 36.0.